The summed E-state index contributed by atoms with van der Waals surface area (Å²) in [6, 6.07) is 15.7. The summed E-state index contributed by atoms with van der Waals surface area (Å²) in [6.45, 7) is 9.11. The molecule has 0 unspecified atom stereocenters. The molecule has 6 nitrogen and oxygen atoms in total. The van der Waals surface area contributed by atoms with Crippen LogP contribution in [0.5, 0.6) is 0 Å². The Morgan fingerprint density at radius 3 is 1.79 bits per heavy atom. The minimum atomic E-state index is 0.470. The largest absolute Gasteiger partial charge is 0.329 e. The summed E-state index contributed by atoms with van der Waals surface area (Å²) in [5.74, 6) is 0. The Morgan fingerprint density at radius 2 is 1.26 bits per heavy atom. The van der Waals surface area contributed by atoms with E-state index in [2.05, 4.69) is 27.9 Å². The number of aromatic nitrogens is 4. The fourth-order valence-electron chi connectivity index (χ4n) is 3.91. The summed E-state index contributed by atoms with van der Waals surface area (Å²) >= 11 is 18.3. The van der Waals surface area contributed by atoms with Gasteiger partial charge in [-0.25, -0.2) is 0 Å². The van der Waals surface area contributed by atoms with Crippen LogP contribution in [0.2, 0.25) is 10.0 Å². The molecule has 0 saturated carbocycles. The molecular formula is C25H26Cl2N6S. The normalized spacial score (nSPS) is 11.0. The second-order valence-corrected chi connectivity index (χ2v) is 9.39. The molecule has 4 aromatic rings. The highest BCUT2D eigenvalue weighted by Gasteiger charge is 2.17. The third kappa shape index (κ3) is 5.12. The van der Waals surface area contributed by atoms with Crippen LogP contribution in [0.4, 0.5) is 11.4 Å². The van der Waals surface area contributed by atoms with Crippen molar-refractivity contribution in [2.75, 3.05) is 10.6 Å². The van der Waals surface area contributed by atoms with Crippen LogP contribution in [0, 0.1) is 27.7 Å². The maximum Gasteiger partial charge on any atom is 0.175 e. The molecule has 0 saturated heterocycles. The first-order valence-corrected chi connectivity index (χ1v) is 12.0. The SMILES string of the molecule is Cc1nn(Cc2ccccc2)c(C)c1NC(=S)Nc1c(C)nn(Cc2c(Cl)cccc2Cl)c1C. The van der Waals surface area contributed by atoms with E-state index in [0.29, 0.717) is 28.2 Å². The number of benzene rings is 2. The summed E-state index contributed by atoms with van der Waals surface area (Å²) in [6.07, 6.45) is 0. The Labute approximate surface area is 214 Å². The van der Waals surface area contributed by atoms with Crippen molar-refractivity contribution in [2.24, 2.45) is 0 Å². The molecule has 0 aliphatic carbocycles. The van der Waals surface area contributed by atoms with E-state index in [1.165, 1.54) is 5.56 Å². The van der Waals surface area contributed by atoms with Crippen LogP contribution in [0.1, 0.15) is 33.9 Å². The van der Waals surface area contributed by atoms with Gasteiger partial charge in [-0.2, -0.15) is 10.2 Å². The average molecular weight is 513 g/mol. The molecule has 0 amide bonds. The quantitative estimate of drug-likeness (QED) is 0.287. The lowest BCUT2D eigenvalue weighted by atomic mass is 10.2. The molecule has 2 N–H and O–H groups in total. The zero-order chi connectivity index (χ0) is 24.4. The molecule has 0 spiro atoms. The maximum atomic E-state index is 6.36. The molecule has 0 atom stereocenters. The van der Waals surface area contributed by atoms with Gasteiger partial charge in [0.25, 0.3) is 0 Å². The van der Waals surface area contributed by atoms with E-state index in [1.807, 2.05) is 73.5 Å². The van der Waals surface area contributed by atoms with E-state index in [4.69, 9.17) is 40.5 Å². The lowest BCUT2D eigenvalue weighted by Crippen LogP contribution is -2.21. The number of thiocarbonyl (C=S) groups is 1. The third-order valence-corrected chi connectivity index (χ3v) is 6.70. The number of anilines is 2. The van der Waals surface area contributed by atoms with E-state index in [1.54, 1.807) is 0 Å². The van der Waals surface area contributed by atoms with Gasteiger partial charge in [0.05, 0.1) is 47.2 Å². The van der Waals surface area contributed by atoms with Crippen LogP contribution < -0.4 is 10.6 Å². The number of hydrogen-bond donors (Lipinski definition) is 2. The highest BCUT2D eigenvalue weighted by Crippen LogP contribution is 2.28. The monoisotopic (exact) mass is 512 g/mol. The second kappa shape index (κ2) is 10.2. The number of aryl methyl sites for hydroxylation is 2. The van der Waals surface area contributed by atoms with E-state index in [9.17, 15) is 0 Å². The molecular weight excluding hydrogens is 487 g/mol. The van der Waals surface area contributed by atoms with E-state index < -0.39 is 0 Å². The van der Waals surface area contributed by atoms with Gasteiger partial charge in [-0.3, -0.25) is 9.36 Å². The van der Waals surface area contributed by atoms with Gasteiger partial charge >= 0.3 is 0 Å². The maximum absolute atomic E-state index is 6.36. The summed E-state index contributed by atoms with van der Waals surface area (Å²) in [5.41, 5.74) is 7.45. The first-order chi connectivity index (χ1) is 16.2. The predicted octanol–water partition coefficient (Wildman–Crippen LogP) is 6.53. The predicted molar refractivity (Wildman–Crippen MR) is 144 cm³/mol. The van der Waals surface area contributed by atoms with Gasteiger partial charge in [0.1, 0.15) is 0 Å². The number of rotatable bonds is 6. The fraction of sp³-hybridized carbons (Fsp3) is 0.240. The molecule has 2 aromatic heterocycles. The number of hydrogen-bond acceptors (Lipinski definition) is 3. The van der Waals surface area contributed by atoms with Gasteiger partial charge < -0.3 is 10.6 Å². The smallest absolute Gasteiger partial charge is 0.175 e. The molecule has 2 heterocycles. The van der Waals surface area contributed by atoms with Crippen molar-refractivity contribution in [1.82, 2.24) is 19.6 Å². The number of halogens is 2. The van der Waals surface area contributed by atoms with Gasteiger partial charge in [0, 0.05) is 15.6 Å². The van der Waals surface area contributed by atoms with Crippen molar-refractivity contribution in [3.8, 4) is 0 Å². The summed E-state index contributed by atoms with van der Waals surface area (Å²) in [5, 5.41) is 17.7. The van der Waals surface area contributed by atoms with Crippen molar-refractivity contribution < 1.29 is 0 Å². The number of nitrogens with one attached hydrogen (secondary N) is 2. The van der Waals surface area contributed by atoms with E-state index in [-0.39, 0.29) is 0 Å². The molecule has 9 heteroatoms. The fourth-order valence-corrected chi connectivity index (χ4v) is 4.63. The van der Waals surface area contributed by atoms with Crippen molar-refractivity contribution in [3.05, 3.63) is 92.5 Å². The summed E-state index contributed by atoms with van der Waals surface area (Å²) in [7, 11) is 0. The Kier molecular flexibility index (Phi) is 7.26. The number of nitrogens with zero attached hydrogens (tertiary/aromatic N) is 4. The van der Waals surface area contributed by atoms with Gasteiger partial charge in [0.2, 0.25) is 0 Å². The summed E-state index contributed by atoms with van der Waals surface area (Å²) in [4.78, 5) is 0. The van der Waals surface area contributed by atoms with Crippen LogP contribution in [0.25, 0.3) is 0 Å². The topological polar surface area (TPSA) is 59.7 Å². The molecule has 34 heavy (non-hydrogen) atoms. The first kappa shape index (κ1) is 24.3. The third-order valence-electron chi connectivity index (χ3n) is 5.78. The highest BCUT2D eigenvalue weighted by atomic mass is 35.5. The molecule has 0 aliphatic heterocycles. The minimum absolute atomic E-state index is 0.470. The van der Waals surface area contributed by atoms with Gasteiger partial charge in [0.15, 0.2) is 5.11 Å². The van der Waals surface area contributed by atoms with Gasteiger partial charge in [-0.15, -0.1) is 0 Å². The van der Waals surface area contributed by atoms with Gasteiger partial charge in [-0.1, -0.05) is 59.6 Å². The van der Waals surface area contributed by atoms with Crippen LogP contribution in [0.3, 0.4) is 0 Å². The Bertz CT molecular complexity index is 1320. The van der Waals surface area contributed by atoms with Gasteiger partial charge in [-0.05, 0) is 57.6 Å². The zero-order valence-electron chi connectivity index (χ0n) is 19.5. The molecule has 2 aromatic carbocycles. The first-order valence-electron chi connectivity index (χ1n) is 10.9. The van der Waals surface area contributed by atoms with Crippen LogP contribution in [-0.4, -0.2) is 24.7 Å². The molecule has 176 valence electrons. The van der Waals surface area contributed by atoms with Crippen molar-refractivity contribution in [2.45, 2.75) is 40.8 Å². The Morgan fingerprint density at radius 1 is 0.765 bits per heavy atom. The van der Waals surface area contributed by atoms with E-state index in [0.717, 1.165) is 39.7 Å². The van der Waals surface area contributed by atoms with Crippen molar-refractivity contribution >= 4 is 51.9 Å². The molecule has 0 bridgehead atoms. The molecule has 4 rings (SSSR count). The Hall–Kier alpha value is -2.87. The van der Waals surface area contributed by atoms with Crippen LogP contribution in [-0.2, 0) is 13.1 Å². The molecule has 0 radical (unpaired) electrons. The highest BCUT2D eigenvalue weighted by molar-refractivity contribution is 7.80. The minimum Gasteiger partial charge on any atom is -0.329 e. The lowest BCUT2D eigenvalue weighted by molar-refractivity contribution is 0.659. The standard InChI is InChI=1S/C25H26Cl2N6S/c1-15-23(17(3)32(30-15)13-19-9-6-5-7-10-19)28-25(34)29-24-16(2)31-33(18(24)4)14-20-21(26)11-8-12-22(20)27/h5-12H,13-14H2,1-4H3,(H2,28,29,34). The Balaban J connectivity index is 1.50. The van der Waals surface area contributed by atoms with Crippen LogP contribution >= 0.6 is 35.4 Å². The van der Waals surface area contributed by atoms with Crippen molar-refractivity contribution in [1.29, 1.82) is 0 Å². The average Bonchev–Trinajstić information content (AvgIpc) is 3.21. The zero-order valence-corrected chi connectivity index (χ0v) is 21.8. The molecule has 0 fully saturated rings. The van der Waals surface area contributed by atoms with Crippen molar-refractivity contribution in [3.63, 3.8) is 0 Å². The molecule has 0 aliphatic rings. The van der Waals surface area contributed by atoms with Crippen LogP contribution in [0.15, 0.2) is 48.5 Å². The lowest BCUT2D eigenvalue weighted by Gasteiger charge is -2.12. The van der Waals surface area contributed by atoms with E-state index >= 15 is 0 Å². The summed E-state index contributed by atoms with van der Waals surface area (Å²) < 4.78 is 3.86. The second-order valence-electron chi connectivity index (χ2n) is 8.17.